The Hall–Kier alpha value is -1.32. The summed E-state index contributed by atoms with van der Waals surface area (Å²) in [7, 11) is 0. The van der Waals surface area contributed by atoms with E-state index in [1.54, 1.807) is 6.20 Å². The van der Waals surface area contributed by atoms with Crippen LogP contribution in [0.3, 0.4) is 0 Å². The molecule has 2 rings (SSSR count). The maximum atomic E-state index is 6.23. The van der Waals surface area contributed by atoms with Crippen molar-refractivity contribution in [3.05, 3.63) is 52.8 Å². The normalized spacial score (nSPS) is 12.6. The monoisotopic (exact) mass is 291 g/mol. The summed E-state index contributed by atoms with van der Waals surface area (Å²) in [5.74, 6) is 0. The highest BCUT2D eigenvalue weighted by Gasteiger charge is 2.13. The average Bonchev–Trinajstić information content (AvgIpc) is 2.85. The van der Waals surface area contributed by atoms with Crippen molar-refractivity contribution >= 4 is 11.6 Å². The molecule has 0 bridgehead atoms. The first-order valence-corrected chi connectivity index (χ1v) is 7.62. The van der Waals surface area contributed by atoms with E-state index in [9.17, 15) is 0 Å². The van der Waals surface area contributed by atoms with E-state index < -0.39 is 0 Å². The molecule has 0 aliphatic carbocycles. The predicted molar refractivity (Wildman–Crippen MR) is 84.1 cm³/mol. The lowest BCUT2D eigenvalue weighted by molar-refractivity contribution is 0.500. The zero-order valence-corrected chi connectivity index (χ0v) is 12.9. The molecule has 0 fully saturated rings. The van der Waals surface area contributed by atoms with Gasteiger partial charge in [0.2, 0.25) is 0 Å². The molecule has 0 saturated heterocycles. The molecule has 1 N–H and O–H groups in total. The lowest BCUT2D eigenvalue weighted by Crippen LogP contribution is -2.22. The van der Waals surface area contributed by atoms with Crippen LogP contribution in [0.2, 0.25) is 5.02 Å². The van der Waals surface area contributed by atoms with Crippen molar-refractivity contribution in [2.24, 2.45) is 0 Å². The summed E-state index contributed by atoms with van der Waals surface area (Å²) in [6.45, 7) is 6.05. The molecule has 0 amide bonds. The fraction of sp³-hybridized carbons (Fsp3) is 0.438. The maximum absolute atomic E-state index is 6.23. The molecular weight excluding hydrogens is 270 g/mol. The van der Waals surface area contributed by atoms with E-state index in [1.807, 2.05) is 4.68 Å². The number of hydrogen-bond donors (Lipinski definition) is 1. The van der Waals surface area contributed by atoms with Gasteiger partial charge in [-0.2, -0.15) is 5.10 Å². The predicted octanol–water partition coefficient (Wildman–Crippen LogP) is 3.84. The van der Waals surface area contributed by atoms with E-state index in [4.69, 9.17) is 11.6 Å². The molecule has 0 spiro atoms. The maximum Gasteiger partial charge on any atom is 0.0817 e. The molecule has 1 aromatic carbocycles. The van der Waals surface area contributed by atoms with Gasteiger partial charge in [-0.25, -0.2) is 0 Å². The van der Waals surface area contributed by atoms with E-state index in [2.05, 4.69) is 54.6 Å². The van der Waals surface area contributed by atoms with E-state index in [-0.39, 0.29) is 0 Å². The van der Waals surface area contributed by atoms with Crippen LogP contribution in [0.25, 0.3) is 0 Å². The molecule has 1 aromatic heterocycles. The Kier molecular flexibility index (Phi) is 5.62. The third-order valence-electron chi connectivity index (χ3n) is 3.52. The van der Waals surface area contributed by atoms with Crippen LogP contribution in [0.5, 0.6) is 0 Å². The Balaban J connectivity index is 2.08. The summed E-state index contributed by atoms with van der Waals surface area (Å²) in [5, 5.41) is 8.61. The molecule has 2 aromatic rings. The minimum Gasteiger partial charge on any atom is -0.310 e. The van der Waals surface area contributed by atoms with Crippen molar-refractivity contribution in [1.29, 1.82) is 0 Å². The van der Waals surface area contributed by atoms with Gasteiger partial charge in [0.15, 0.2) is 0 Å². The topological polar surface area (TPSA) is 29.9 Å². The molecule has 0 aliphatic rings. The molecule has 1 atom stereocenters. The van der Waals surface area contributed by atoms with E-state index in [1.165, 1.54) is 5.56 Å². The Morgan fingerprint density at radius 3 is 2.65 bits per heavy atom. The van der Waals surface area contributed by atoms with Crippen LogP contribution in [-0.4, -0.2) is 16.3 Å². The molecule has 1 heterocycles. The molecule has 4 heteroatoms. The Morgan fingerprint density at radius 1 is 1.25 bits per heavy atom. The Bertz CT molecular complexity index is 522. The molecule has 0 saturated carbocycles. The van der Waals surface area contributed by atoms with E-state index >= 15 is 0 Å². The van der Waals surface area contributed by atoms with Crippen molar-refractivity contribution in [2.45, 2.75) is 39.3 Å². The molecular formula is C16H22ClN3. The lowest BCUT2D eigenvalue weighted by atomic mass is 10.0. The van der Waals surface area contributed by atoms with Gasteiger partial charge >= 0.3 is 0 Å². The molecule has 0 radical (unpaired) electrons. The first kappa shape index (κ1) is 15.1. The van der Waals surface area contributed by atoms with Gasteiger partial charge in [0.25, 0.3) is 0 Å². The van der Waals surface area contributed by atoms with Gasteiger partial charge in [-0.05, 0) is 31.9 Å². The van der Waals surface area contributed by atoms with Crippen LogP contribution in [0, 0.1) is 0 Å². The van der Waals surface area contributed by atoms with Gasteiger partial charge in [-0.15, -0.1) is 0 Å². The second kappa shape index (κ2) is 7.46. The molecule has 20 heavy (non-hydrogen) atoms. The van der Waals surface area contributed by atoms with Crippen molar-refractivity contribution in [3.8, 4) is 0 Å². The van der Waals surface area contributed by atoms with E-state index in [0.717, 1.165) is 36.6 Å². The average molecular weight is 292 g/mol. The van der Waals surface area contributed by atoms with Crippen LogP contribution in [0.15, 0.2) is 36.5 Å². The molecule has 108 valence electrons. The fourth-order valence-electron chi connectivity index (χ4n) is 2.51. The standard InChI is InChI=1S/C16H22ClN3/c1-3-18-15(13-8-6-5-7-9-13)10-11-16-14(17)12-19-20(16)4-2/h5-9,12,15,18H,3-4,10-11H2,1-2H3. The highest BCUT2D eigenvalue weighted by atomic mass is 35.5. The zero-order chi connectivity index (χ0) is 14.4. The van der Waals surface area contributed by atoms with Gasteiger partial charge in [-0.3, -0.25) is 4.68 Å². The minimum atomic E-state index is 0.359. The summed E-state index contributed by atoms with van der Waals surface area (Å²) in [6.07, 6.45) is 3.69. The van der Waals surface area contributed by atoms with Crippen molar-refractivity contribution in [1.82, 2.24) is 15.1 Å². The number of nitrogens with zero attached hydrogens (tertiary/aromatic N) is 2. The number of aromatic nitrogens is 2. The number of halogens is 1. The first-order chi connectivity index (χ1) is 9.76. The van der Waals surface area contributed by atoms with Gasteiger partial charge in [0.1, 0.15) is 0 Å². The smallest absolute Gasteiger partial charge is 0.0817 e. The second-order valence-corrected chi connectivity index (χ2v) is 5.22. The highest BCUT2D eigenvalue weighted by Crippen LogP contribution is 2.22. The molecule has 0 aliphatic heterocycles. The SMILES string of the molecule is CCNC(CCc1c(Cl)cnn1CC)c1ccccc1. The van der Waals surface area contributed by atoms with Crippen molar-refractivity contribution < 1.29 is 0 Å². The number of hydrogen-bond acceptors (Lipinski definition) is 2. The largest absolute Gasteiger partial charge is 0.310 e. The third kappa shape index (κ3) is 3.62. The summed E-state index contributed by atoms with van der Waals surface area (Å²) < 4.78 is 1.98. The lowest BCUT2D eigenvalue weighted by Gasteiger charge is -2.18. The number of aryl methyl sites for hydroxylation is 1. The molecule has 3 nitrogen and oxygen atoms in total. The highest BCUT2D eigenvalue weighted by molar-refractivity contribution is 6.31. The van der Waals surface area contributed by atoms with E-state index in [0.29, 0.717) is 6.04 Å². The number of benzene rings is 1. The van der Waals surface area contributed by atoms with Crippen LogP contribution in [0.4, 0.5) is 0 Å². The Morgan fingerprint density at radius 2 is 2.00 bits per heavy atom. The van der Waals surface area contributed by atoms with Crippen molar-refractivity contribution in [2.75, 3.05) is 6.54 Å². The quantitative estimate of drug-likeness (QED) is 0.840. The fourth-order valence-corrected chi connectivity index (χ4v) is 2.74. The summed E-state index contributed by atoms with van der Waals surface area (Å²) >= 11 is 6.23. The molecule has 1 unspecified atom stereocenters. The van der Waals surface area contributed by atoms with Crippen LogP contribution >= 0.6 is 11.6 Å². The van der Waals surface area contributed by atoms with Crippen molar-refractivity contribution in [3.63, 3.8) is 0 Å². The van der Waals surface area contributed by atoms with Gasteiger partial charge in [0, 0.05) is 12.6 Å². The van der Waals surface area contributed by atoms with Gasteiger partial charge in [-0.1, -0.05) is 48.9 Å². The summed E-state index contributed by atoms with van der Waals surface area (Å²) in [4.78, 5) is 0. The van der Waals surface area contributed by atoms with Crippen LogP contribution in [0.1, 0.15) is 37.6 Å². The third-order valence-corrected chi connectivity index (χ3v) is 3.84. The number of rotatable bonds is 7. The second-order valence-electron chi connectivity index (χ2n) is 4.81. The zero-order valence-electron chi connectivity index (χ0n) is 12.1. The summed E-state index contributed by atoms with van der Waals surface area (Å²) in [6, 6.07) is 10.9. The summed E-state index contributed by atoms with van der Waals surface area (Å²) in [5.41, 5.74) is 2.46. The Labute approximate surface area is 126 Å². The van der Waals surface area contributed by atoms with Gasteiger partial charge in [0.05, 0.1) is 16.9 Å². The first-order valence-electron chi connectivity index (χ1n) is 7.24. The van der Waals surface area contributed by atoms with Gasteiger partial charge < -0.3 is 5.32 Å². The minimum absolute atomic E-state index is 0.359. The van der Waals surface area contributed by atoms with Crippen LogP contribution < -0.4 is 5.32 Å². The van der Waals surface area contributed by atoms with Crippen LogP contribution in [-0.2, 0) is 13.0 Å². The number of nitrogens with one attached hydrogen (secondary N) is 1.